The molecule has 1 N–H and O–H groups in total. The third-order valence-corrected chi connectivity index (χ3v) is 3.75. The minimum absolute atomic E-state index is 0.0320. The van der Waals surface area contributed by atoms with Crippen molar-refractivity contribution in [3.8, 4) is 5.75 Å². The predicted octanol–water partition coefficient (Wildman–Crippen LogP) is 4.48. The molecule has 0 unspecified atom stereocenters. The maximum atomic E-state index is 10.0. The first-order valence-corrected chi connectivity index (χ1v) is 7.50. The molecule has 2 heteroatoms. The average molecular weight is 264 g/mol. The molecule has 1 saturated carbocycles. The highest BCUT2D eigenvalue weighted by Crippen LogP contribution is 2.26. The normalized spacial score (nSPS) is 20.5. The van der Waals surface area contributed by atoms with Gasteiger partial charge >= 0.3 is 0 Å². The molecule has 1 aromatic carbocycles. The molecule has 106 valence electrons. The highest BCUT2D eigenvalue weighted by Gasteiger charge is 2.14. The van der Waals surface area contributed by atoms with Gasteiger partial charge < -0.3 is 9.84 Å². The standard InChI is InChI=1S/C17H26O2/c1-2-7-17(18)15-10-6-11-16(12-15)19-13-14-8-4-3-5-9-14/h6,10-12,14,17-18H,2-5,7-9,13H2,1H3/t17-/m1/s1/i13D2. The lowest BCUT2D eigenvalue weighted by molar-refractivity contribution is 0.165. The highest BCUT2D eigenvalue weighted by atomic mass is 16.5. The molecule has 0 spiro atoms. The second-order valence-corrected chi connectivity index (χ2v) is 5.43. The van der Waals surface area contributed by atoms with Crippen LogP contribution in [0, 0.1) is 5.92 Å². The van der Waals surface area contributed by atoms with Gasteiger partial charge in [-0.25, -0.2) is 0 Å². The molecule has 0 saturated heterocycles. The second kappa shape index (κ2) is 7.54. The van der Waals surface area contributed by atoms with E-state index in [2.05, 4.69) is 0 Å². The van der Waals surface area contributed by atoms with Gasteiger partial charge in [-0.2, -0.15) is 0 Å². The summed E-state index contributed by atoms with van der Waals surface area (Å²) in [6, 6.07) is 7.22. The van der Waals surface area contributed by atoms with Gasteiger partial charge in [0.25, 0.3) is 0 Å². The molecule has 0 amide bonds. The number of benzene rings is 1. The number of ether oxygens (including phenoxy) is 1. The Hall–Kier alpha value is -1.02. The lowest BCUT2D eigenvalue weighted by Gasteiger charge is -2.22. The van der Waals surface area contributed by atoms with E-state index in [0.717, 1.165) is 37.7 Å². The number of rotatable bonds is 6. The van der Waals surface area contributed by atoms with E-state index in [1.54, 1.807) is 12.1 Å². The first kappa shape index (κ1) is 11.8. The molecule has 0 bridgehead atoms. The minimum atomic E-state index is -1.63. The number of aliphatic hydroxyl groups is 1. The van der Waals surface area contributed by atoms with Gasteiger partial charge in [-0.3, -0.25) is 0 Å². The summed E-state index contributed by atoms with van der Waals surface area (Å²) in [5.74, 6) is 0.480. The van der Waals surface area contributed by atoms with Crippen LogP contribution in [-0.4, -0.2) is 11.7 Å². The van der Waals surface area contributed by atoms with Crippen LogP contribution in [0.3, 0.4) is 0 Å². The van der Waals surface area contributed by atoms with Crippen LogP contribution in [0.1, 0.15) is 66.3 Å². The summed E-state index contributed by atoms with van der Waals surface area (Å²) >= 11 is 0. The third kappa shape index (κ3) is 4.54. The smallest absolute Gasteiger partial charge is 0.119 e. The second-order valence-electron chi connectivity index (χ2n) is 5.43. The van der Waals surface area contributed by atoms with Crippen LogP contribution >= 0.6 is 0 Å². The van der Waals surface area contributed by atoms with Crippen LogP contribution in [0.25, 0.3) is 0 Å². The molecule has 2 rings (SSSR count). The van der Waals surface area contributed by atoms with Crippen molar-refractivity contribution in [2.45, 2.75) is 58.0 Å². The van der Waals surface area contributed by atoms with Gasteiger partial charge in [0.1, 0.15) is 5.75 Å². The van der Waals surface area contributed by atoms with E-state index in [9.17, 15) is 5.11 Å². The van der Waals surface area contributed by atoms with Gasteiger partial charge in [-0.1, -0.05) is 44.7 Å². The van der Waals surface area contributed by atoms with Crippen LogP contribution in [-0.2, 0) is 0 Å². The molecule has 1 aliphatic rings. The van der Waals surface area contributed by atoms with Crippen LogP contribution in [0.2, 0.25) is 0 Å². The van der Waals surface area contributed by atoms with E-state index < -0.39 is 12.7 Å². The molecule has 1 aromatic rings. The van der Waals surface area contributed by atoms with Crippen molar-refractivity contribution >= 4 is 0 Å². The fourth-order valence-electron chi connectivity index (χ4n) is 2.60. The van der Waals surface area contributed by atoms with Crippen LogP contribution in [0.5, 0.6) is 5.75 Å². The molecule has 0 radical (unpaired) electrons. The monoisotopic (exact) mass is 264 g/mol. The van der Waals surface area contributed by atoms with E-state index in [4.69, 9.17) is 7.48 Å². The van der Waals surface area contributed by atoms with Crippen LogP contribution in [0.4, 0.5) is 0 Å². The minimum Gasteiger partial charge on any atom is -0.493 e. The van der Waals surface area contributed by atoms with Crippen LogP contribution in [0.15, 0.2) is 24.3 Å². The molecular weight excluding hydrogens is 236 g/mol. The summed E-state index contributed by atoms with van der Waals surface area (Å²) in [5, 5.41) is 10.0. The SMILES string of the molecule is [2H]C([2H])(Oc1cccc([C@H](O)CCC)c1)C1CCCCC1. The Kier molecular flexibility index (Phi) is 4.67. The lowest BCUT2D eigenvalue weighted by Crippen LogP contribution is -2.15. The average Bonchev–Trinajstić information content (AvgIpc) is 2.48. The highest BCUT2D eigenvalue weighted by molar-refractivity contribution is 5.29. The molecule has 0 aliphatic heterocycles. The molecular formula is C17H26O2. The number of aliphatic hydroxyl groups excluding tert-OH is 1. The molecule has 1 fully saturated rings. The Morgan fingerprint density at radius 3 is 2.89 bits per heavy atom. The first-order valence-electron chi connectivity index (χ1n) is 8.50. The van der Waals surface area contributed by atoms with E-state index in [0.29, 0.717) is 12.2 Å². The lowest BCUT2D eigenvalue weighted by atomic mass is 9.90. The van der Waals surface area contributed by atoms with Gasteiger partial charge in [0.2, 0.25) is 0 Å². The summed E-state index contributed by atoms with van der Waals surface area (Å²) in [6.07, 6.45) is 6.28. The van der Waals surface area contributed by atoms with E-state index >= 15 is 0 Å². The Morgan fingerprint density at radius 2 is 2.16 bits per heavy atom. The zero-order valence-corrected chi connectivity index (χ0v) is 11.8. The zero-order chi connectivity index (χ0) is 15.3. The fourth-order valence-corrected chi connectivity index (χ4v) is 2.60. The van der Waals surface area contributed by atoms with Crippen LogP contribution < -0.4 is 4.74 Å². The Bertz CT molecular complexity index is 442. The maximum Gasteiger partial charge on any atom is 0.119 e. The Balaban J connectivity index is 2.05. The molecule has 1 aliphatic carbocycles. The first-order chi connectivity index (χ1) is 10.0. The summed E-state index contributed by atoms with van der Waals surface area (Å²) in [7, 11) is 0. The van der Waals surface area contributed by atoms with Crippen molar-refractivity contribution in [2.24, 2.45) is 5.92 Å². The van der Waals surface area contributed by atoms with Gasteiger partial charge in [0.15, 0.2) is 0 Å². The van der Waals surface area contributed by atoms with E-state index in [1.807, 2.05) is 19.1 Å². The van der Waals surface area contributed by atoms with Crippen molar-refractivity contribution in [2.75, 3.05) is 6.56 Å². The van der Waals surface area contributed by atoms with Crippen molar-refractivity contribution in [3.63, 3.8) is 0 Å². The Labute approximate surface area is 119 Å². The van der Waals surface area contributed by atoms with Crippen molar-refractivity contribution in [1.82, 2.24) is 0 Å². The molecule has 0 aromatic heterocycles. The van der Waals surface area contributed by atoms with Gasteiger partial charge in [0.05, 0.1) is 15.4 Å². The van der Waals surface area contributed by atoms with E-state index in [1.165, 1.54) is 6.42 Å². The largest absolute Gasteiger partial charge is 0.493 e. The van der Waals surface area contributed by atoms with Gasteiger partial charge in [-0.05, 0) is 42.9 Å². The summed E-state index contributed by atoms with van der Waals surface area (Å²) in [5.41, 5.74) is 0.800. The predicted molar refractivity (Wildman–Crippen MR) is 78.4 cm³/mol. The molecule has 1 atom stereocenters. The number of hydrogen-bond acceptors (Lipinski definition) is 2. The van der Waals surface area contributed by atoms with Gasteiger partial charge in [0, 0.05) is 0 Å². The zero-order valence-electron chi connectivity index (χ0n) is 13.8. The van der Waals surface area contributed by atoms with Crippen molar-refractivity contribution in [3.05, 3.63) is 29.8 Å². The Morgan fingerprint density at radius 1 is 1.37 bits per heavy atom. The molecule has 0 heterocycles. The quantitative estimate of drug-likeness (QED) is 0.821. The van der Waals surface area contributed by atoms with E-state index in [-0.39, 0.29) is 5.92 Å². The van der Waals surface area contributed by atoms with Gasteiger partial charge in [-0.15, -0.1) is 0 Å². The fraction of sp³-hybridized carbons (Fsp3) is 0.647. The summed E-state index contributed by atoms with van der Waals surface area (Å²) < 4.78 is 22.0. The number of hydrogen-bond donors (Lipinski definition) is 1. The molecule has 2 nitrogen and oxygen atoms in total. The summed E-state index contributed by atoms with van der Waals surface area (Å²) in [4.78, 5) is 0. The third-order valence-electron chi connectivity index (χ3n) is 3.75. The maximum absolute atomic E-state index is 10.0. The van der Waals surface area contributed by atoms with Crippen molar-refractivity contribution < 1.29 is 12.6 Å². The molecule has 19 heavy (non-hydrogen) atoms. The van der Waals surface area contributed by atoms with Crippen molar-refractivity contribution in [1.29, 1.82) is 0 Å². The summed E-state index contributed by atoms with van der Waals surface area (Å²) in [6.45, 7) is 0.403. The topological polar surface area (TPSA) is 29.5 Å².